The van der Waals surface area contributed by atoms with Gasteiger partial charge in [0.1, 0.15) is 0 Å². The third-order valence-corrected chi connectivity index (χ3v) is 1.23. The number of carbonyl (C=O) groups is 1. The van der Waals surface area contributed by atoms with E-state index in [0.29, 0.717) is 0 Å². The summed E-state index contributed by atoms with van der Waals surface area (Å²) in [4.78, 5) is 10.8. The molecule has 0 aliphatic carbocycles. The van der Waals surface area contributed by atoms with Gasteiger partial charge in [0.25, 0.3) is 0 Å². The van der Waals surface area contributed by atoms with Crippen LogP contribution in [0.3, 0.4) is 0 Å². The van der Waals surface area contributed by atoms with Crippen LogP contribution in [0.5, 0.6) is 0 Å². The van der Waals surface area contributed by atoms with E-state index in [4.69, 9.17) is 4.74 Å². The monoisotopic (exact) mass is 158 g/mol. The highest BCUT2D eigenvalue weighted by Crippen LogP contribution is 1.96. The molecule has 0 N–H and O–H groups in total. The molecule has 0 aliphatic heterocycles. The standard InChI is InChI=1S/C8H14O3/c1-4-7(2)11-8(9)5-6-10-3/h5-7H,4H2,1-3H3. The Morgan fingerprint density at radius 3 is 2.73 bits per heavy atom. The molecule has 1 unspecified atom stereocenters. The molecule has 3 heteroatoms. The summed E-state index contributed by atoms with van der Waals surface area (Å²) in [6.07, 6.45) is 3.35. The van der Waals surface area contributed by atoms with Crippen LogP contribution in [0, 0.1) is 0 Å². The molecule has 0 aliphatic rings. The summed E-state index contributed by atoms with van der Waals surface area (Å²) >= 11 is 0. The molecule has 0 fully saturated rings. The van der Waals surface area contributed by atoms with E-state index < -0.39 is 0 Å². The molecule has 0 heterocycles. The van der Waals surface area contributed by atoms with Crippen molar-refractivity contribution in [1.29, 1.82) is 0 Å². The lowest BCUT2D eigenvalue weighted by molar-refractivity contribution is -0.142. The van der Waals surface area contributed by atoms with Crippen molar-refractivity contribution in [2.75, 3.05) is 7.11 Å². The van der Waals surface area contributed by atoms with Crippen molar-refractivity contribution in [1.82, 2.24) is 0 Å². The first-order chi connectivity index (χ1) is 5.20. The van der Waals surface area contributed by atoms with Gasteiger partial charge in [-0.25, -0.2) is 4.79 Å². The van der Waals surface area contributed by atoms with E-state index in [1.807, 2.05) is 13.8 Å². The zero-order valence-electron chi connectivity index (χ0n) is 7.16. The Labute approximate surface area is 67.0 Å². The number of esters is 1. The van der Waals surface area contributed by atoms with Gasteiger partial charge in [0.05, 0.1) is 25.6 Å². The van der Waals surface area contributed by atoms with Crippen molar-refractivity contribution >= 4 is 5.97 Å². The number of methoxy groups -OCH3 is 1. The average molecular weight is 158 g/mol. The van der Waals surface area contributed by atoms with Gasteiger partial charge in [-0.2, -0.15) is 0 Å². The molecule has 0 amide bonds. The molecule has 0 saturated heterocycles. The molecular formula is C8H14O3. The van der Waals surface area contributed by atoms with Crippen molar-refractivity contribution in [3.05, 3.63) is 12.3 Å². The minimum absolute atomic E-state index is 0.0241. The van der Waals surface area contributed by atoms with Gasteiger partial charge in [-0.05, 0) is 13.3 Å². The van der Waals surface area contributed by atoms with Crippen LogP contribution < -0.4 is 0 Å². The first-order valence-electron chi connectivity index (χ1n) is 3.60. The highest BCUT2D eigenvalue weighted by atomic mass is 16.5. The lowest BCUT2D eigenvalue weighted by atomic mass is 10.3. The first kappa shape index (κ1) is 10.0. The second-order valence-corrected chi connectivity index (χ2v) is 2.19. The minimum atomic E-state index is -0.360. The van der Waals surface area contributed by atoms with Crippen LogP contribution in [0.25, 0.3) is 0 Å². The molecule has 0 rings (SSSR count). The molecule has 0 radical (unpaired) electrons. The molecule has 0 bridgehead atoms. The number of hydrogen-bond donors (Lipinski definition) is 0. The van der Waals surface area contributed by atoms with E-state index in [1.165, 1.54) is 19.4 Å². The van der Waals surface area contributed by atoms with Crippen molar-refractivity contribution < 1.29 is 14.3 Å². The summed E-state index contributed by atoms with van der Waals surface area (Å²) in [7, 11) is 1.48. The van der Waals surface area contributed by atoms with Gasteiger partial charge in [-0.1, -0.05) is 6.92 Å². The van der Waals surface area contributed by atoms with Gasteiger partial charge in [-0.15, -0.1) is 0 Å². The van der Waals surface area contributed by atoms with E-state index >= 15 is 0 Å². The zero-order valence-corrected chi connectivity index (χ0v) is 7.16. The molecule has 0 aromatic heterocycles. The highest BCUT2D eigenvalue weighted by Gasteiger charge is 2.02. The predicted molar refractivity (Wildman–Crippen MR) is 42.0 cm³/mol. The molecule has 11 heavy (non-hydrogen) atoms. The van der Waals surface area contributed by atoms with Crippen molar-refractivity contribution in [3.8, 4) is 0 Å². The van der Waals surface area contributed by atoms with Crippen LogP contribution in [-0.2, 0) is 14.3 Å². The van der Waals surface area contributed by atoms with Crippen LogP contribution in [-0.4, -0.2) is 19.2 Å². The molecule has 0 aromatic carbocycles. The average Bonchev–Trinajstić information content (AvgIpc) is 2.00. The Bertz CT molecular complexity index is 140. The van der Waals surface area contributed by atoms with Crippen molar-refractivity contribution in [2.24, 2.45) is 0 Å². The maximum Gasteiger partial charge on any atom is 0.334 e. The highest BCUT2D eigenvalue weighted by molar-refractivity contribution is 5.81. The fraction of sp³-hybridized carbons (Fsp3) is 0.625. The molecule has 64 valence electrons. The number of rotatable bonds is 4. The van der Waals surface area contributed by atoms with Gasteiger partial charge >= 0.3 is 5.97 Å². The molecule has 0 saturated carbocycles. The Kier molecular flexibility index (Phi) is 5.25. The van der Waals surface area contributed by atoms with E-state index in [9.17, 15) is 4.79 Å². The quantitative estimate of drug-likeness (QED) is 0.353. The Morgan fingerprint density at radius 1 is 1.64 bits per heavy atom. The largest absolute Gasteiger partial charge is 0.504 e. The number of carbonyl (C=O) groups excluding carboxylic acids is 1. The fourth-order valence-corrected chi connectivity index (χ4v) is 0.445. The van der Waals surface area contributed by atoms with Crippen molar-refractivity contribution in [3.63, 3.8) is 0 Å². The van der Waals surface area contributed by atoms with Gasteiger partial charge in [0, 0.05) is 0 Å². The Balaban J connectivity index is 3.60. The lowest BCUT2D eigenvalue weighted by Crippen LogP contribution is -2.11. The number of hydrogen-bond acceptors (Lipinski definition) is 3. The van der Waals surface area contributed by atoms with Crippen LogP contribution >= 0.6 is 0 Å². The first-order valence-corrected chi connectivity index (χ1v) is 3.60. The van der Waals surface area contributed by atoms with Crippen LogP contribution in [0.1, 0.15) is 20.3 Å². The predicted octanol–water partition coefficient (Wildman–Crippen LogP) is 1.49. The minimum Gasteiger partial charge on any atom is -0.504 e. The smallest absolute Gasteiger partial charge is 0.334 e. The third kappa shape index (κ3) is 5.45. The summed E-state index contributed by atoms with van der Waals surface area (Å²) in [5.41, 5.74) is 0. The van der Waals surface area contributed by atoms with E-state index in [-0.39, 0.29) is 12.1 Å². The summed E-state index contributed by atoms with van der Waals surface area (Å²) in [6, 6.07) is 0. The van der Waals surface area contributed by atoms with E-state index in [2.05, 4.69) is 4.74 Å². The van der Waals surface area contributed by atoms with Gasteiger partial charge < -0.3 is 9.47 Å². The van der Waals surface area contributed by atoms with Gasteiger partial charge in [0.15, 0.2) is 0 Å². The topological polar surface area (TPSA) is 35.5 Å². The molecule has 0 aromatic rings. The second-order valence-electron chi connectivity index (χ2n) is 2.19. The Hall–Kier alpha value is -0.990. The summed E-state index contributed by atoms with van der Waals surface area (Å²) in [6.45, 7) is 3.80. The molecule has 3 nitrogen and oxygen atoms in total. The van der Waals surface area contributed by atoms with Crippen LogP contribution in [0.15, 0.2) is 12.3 Å². The molecule has 1 atom stereocenters. The van der Waals surface area contributed by atoms with Gasteiger partial charge in [0.2, 0.25) is 0 Å². The van der Waals surface area contributed by atoms with Crippen LogP contribution in [0.4, 0.5) is 0 Å². The Morgan fingerprint density at radius 2 is 2.27 bits per heavy atom. The molecular weight excluding hydrogens is 144 g/mol. The summed E-state index contributed by atoms with van der Waals surface area (Å²) in [5.74, 6) is -0.360. The summed E-state index contributed by atoms with van der Waals surface area (Å²) in [5, 5.41) is 0. The normalized spacial score (nSPS) is 13.0. The maximum absolute atomic E-state index is 10.8. The SMILES string of the molecule is CCC(C)OC(=O)C=COC. The van der Waals surface area contributed by atoms with E-state index in [0.717, 1.165) is 6.42 Å². The fourth-order valence-electron chi connectivity index (χ4n) is 0.445. The zero-order chi connectivity index (χ0) is 8.69. The van der Waals surface area contributed by atoms with E-state index in [1.54, 1.807) is 0 Å². The lowest BCUT2D eigenvalue weighted by Gasteiger charge is -2.07. The van der Waals surface area contributed by atoms with Crippen LogP contribution in [0.2, 0.25) is 0 Å². The van der Waals surface area contributed by atoms with Crippen molar-refractivity contribution in [2.45, 2.75) is 26.4 Å². The maximum atomic E-state index is 10.8. The number of ether oxygens (including phenoxy) is 2. The second kappa shape index (κ2) is 5.77. The summed E-state index contributed by atoms with van der Waals surface area (Å²) < 4.78 is 9.44. The molecule has 0 spiro atoms. The van der Waals surface area contributed by atoms with Gasteiger partial charge in [-0.3, -0.25) is 0 Å². The third-order valence-electron chi connectivity index (χ3n) is 1.23.